The Kier molecular flexibility index (Phi) is 4.42. The molecule has 1 N–H and O–H groups in total. The smallest absolute Gasteiger partial charge is 0.256 e. The first-order chi connectivity index (χ1) is 12.3. The normalized spacial score (nSPS) is 15.8. The summed E-state index contributed by atoms with van der Waals surface area (Å²) < 4.78 is 27.6. The molecular formula is C18H14BrFIN3O2. The Morgan fingerprint density at radius 2 is 2.12 bits per heavy atom. The highest BCUT2D eigenvalue weighted by atomic mass is 127. The van der Waals surface area contributed by atoms with Crippen LogP contribution in [0.2, 0.25) is 0 Å². The molecule has 3 aromatic rings. The molecule has 0 bridgehead atoms. The van der Waals surface area contributed by atoms with E-state index >= 15 is 0 Å². The first kappa shape index (κ1) is 17.7. The van der Waals surface area contributed by atoms with Crippen molar-refractivity contribution < 1.29 is 13.5 Å². The molecule has 8 heteroatoms. The van der Waals surface area contributed by atoms with Crippen LogP contribution in [-0.2, 0) is 4.74 Å². The fourth-order valence-corrected chi connectivity index (χ4v) is 3.55. The van der Waals surface area contributed by atoms with Gasteiger partial charge < -0.3 is 14.5 Å². The number of halogens is 3. The zero-order valence-corrected chi connectivity index (χ0v) is 17.7. The number of benzene rings is 1. The van der Waals surface area contributed by atoms with Crippen LogP contribution < -0.4 is 5.32 Å². The Bertz CT molecular complexity index is 1050. The predicted molar refractivity (Wildman–Crippen MR) is 111 cm³/mol. The second kappa shape index (κ2) is 6.49. The van der Waals surface area contributed by atoms with Crippen LogP contribution in [0.5, 0.6) is 0 Å². The van der Waals surface area contributed by atoms with E-state index in [9.17, 15) is 4.39 Å². The van der Waals surface area contributed by atoms with E-state index in [1.807, 2.05) is 19.9 Å². The molecule has 4 rings (SSSR count). The van der Waals surface area contributed by atoms with Gasteiger partial charge in [0.2, 0.25) is 5.76 Å². The van der Waals surface area contributed by atoms with E-state index in [4.69, 9.17) is 9.15 Å². The standard InChI is InChI=1S/C18H14BrFIN3O2/c1-18(2)8-25-17(24-18)16-14(10-6-22-7-11(19)15(10)26-16)23-13-4-3-9(21)5-12(13)20/h3-7,23H,8H2,1-2H3. The molecule has 0 saturated carbocycles. The number of pyridine rings is 1. The van der Waals surface area contributed by atoms with E-state index in [0.29, 0.717) is 45.1 Å². The zero-order chi connectivity index (χ0) is 18.5. The summed E-state index contributed by atoms with van der Waals surface area (Å²) in [6, 6.07) is 4.98. The molecule has 0 atom stereocenters. The fraction of sp³-hybridized carbons (Fsp3) is 0.222. The molecule has 5 nitrogen and oxygen atoms in total. The van der Waals surface area contributed by atoms with Gasteiger partial charge in [0.15, 0.2) is 5.58 Å². The number of nitrogens with one attached hydrogen (secondary N) is 1. The Labute approximate surface area is 171 Å². The molecular weight excluding hydrogens is 516 g/mol. The summed E-state index contributed by atoms with van der Waals surface area (Å²) in [5.74, 6) is 0.471. The maximum absolute atomic E-state index is 14.4. The quantitative estimate of drug-likeness (QED) is 0.446. The molecule has 3 heterocycles. The van der Waals surface area contributed by atoms with Crippen molar-refractivity contribution >= 4 is 66.8 Å². The van der Waals surface area contributed by atoms with Crippen molar-refractivity contribution in [3.8, 4) is 0 Å². The average molecular weight is 530 g/mol. The summed E-state index contributed by atoms with van der Waals surface area (Å²) in [5, 5.41) is 3.84. The fourth-order valence-electron chi connectivity index (χ4n) is 2.68. The van der Waals surface area contributed by atoms with Crippen molar-refractivity contribution in [2.75, 3.05) is 11.9 Å². The number of hydrogen-bond donors (Lipinski definition) is 1. The van der Waals surface area contributed by atoms with Gasteiger partial charge in [0.25, 0.3) is 5.90 Å². The number of ether oxygens (including phenoxy) is 1. The van der Waals surface area contributed by atoms with Crippen LogP contribution in [0.15, 0.2) is 44.5 Å². The van der Waals surface area contributed by atoms with Crippen LogP contribution in [0.1, 0.15) is 19.6 Å². The lowest BCUT2D eigenvalue weighted by Crippen LogP contribution is -2.17. The van der Waals surface area contributed by atoms with Crippen molar-refractivity contribution in [2.45, 2.75) is 19.4 Å². The lowest BCUT2D eigenvalue weighted by atomic mass is 10.1. The van der Waals surface area contributed by atoms with Crippen LogP contribution in [0.3, 0.4) is 0 Å². The number of aliphatic imine (C=N–C) groups is 1. The second-order valence-electron chi connectivity index (χ2n) is 6.57. The Hall–Kier alpha value is -1.68. The third-order valence-corrected chi connectivity index (χ3v) is 5.14. The SMILES string of the molecule is CC1(C)COC(c2oc3c(Br)cncc3c2Nc2ccc(I)cc2F)=N1. The lowest BCUT2D eigenvalue weighted by Gasteiger charge is -2.08. The van der Waals surface area contributed by atoms with Gasteiger partial charge in [0, 0.05) is 16.0 Å². The number of furan rings is 1. The topological polar surface area (TPSA) is 59.7 Å². The van der Waals surface area contributed by atoms with Crippen LogP contribution in [-0.4, -0.2) is 23.0 Å². The molecule has 26 heavy (non-hydrogen) atoms. The van der Waals surface area contributed by atoms with Gasteiger partial charge in [-0.05, 0) is 70.6 Å². The Morgan fingerprint density at radius 1 is 1.31 bits per heavy atom. The summed E-state index contributed by atoms with van der Waals surface area (Å²) in [6.45, 7) is 4.41. The van der Waals surface area contributed by atoms with Gasteiger partial charge in [-0.15, -0.1) is 0 Å². The van der Waals surface area contributed by atoms with Gasteiger partial charge in [0.05, 0.1) is 21.1 Å². The van der Waals surface area contributed by atoms with Crippen LogP contribution in [0.4, 0.5) is 15.8 Å². The number of fused-ring (bicyclic) bond motifs is 1. The van der Waals surface area contributed by atoms with Crippen LogP contribution in [0, 0.1) is 9.39 Å². The first-order valence-electron chi connectivity index (χ1n) is 7.85. The summed E-state index contributed by atoms with van der Waals surface area (Å²) in [5.41, 5.74) is 1.17. The van der Waals surface area contributed by atoms with Crippen molar-refractivity contribution in [2.24, 2.45) is 4.99 Å². The maximum Gasteiger partial charge on any atom is 0.256 e. The van der Waals surface area contributed by atoms with Gasteiger partial charge in [-0.2, -0.15) is 0 Å². The van der Waals surface area contributed by atoms with Crippen LogP contribution in [0.25, 0.3) is 11.0 Å². The van der Waals surface area contributed by atoms with Gasteiger partial charge >= 0.3 is 0 Å². The molecule has 0 amide bonds. The largest absolute Gasteiger partial charge is 0.473 e. The minimum Gasteiger partial charge on any atom is -0.473 e. The van der Waals surface area contributed by atoms with E-state index in [2.05, 4.69) is 53.8 Å². The summed E-state index contributed by atoms with van der Waals surface area (Å²) >= 11 is 5.52. The van der Waals surface area contributed by atoms with Gasteiger partial charge in [-0.3, -0.25) is 4.98 Å². The molecule has 134 valence electrons. The minimum absolute atomic E-state index is 0.338. The monoisotopic (exact) mass is 529 g/mol. The average Bonchev–Trinajstić information content (AvgIpc) is 3.11. The zero-order valence-electron chi connectivity index (χ0n) is 13.9. The van der Waals surface area contributed by atoms with Crippen molar-refractivity contribution in [1.82, 2.24) is 4.98 Å². The third-order valence-electron chi connectivity index (χ3n) is 3.90. The van der Waals surface area contributed by atoms with E-state index in [1.54, 1.807) is 18.5 Å². The number of nitrogens with zero attached hydrogens (tertiary/aromatic N) is 2. The highest BCUT2D eigenvalue weighted by molar-refractivity contribution is 14.1. The Morgan fingerprint density at radius 3 is 2.81 bits per heavy atom. The molecule has 0 spiro atoms. The minimum atomic E-state index is -0.352. The van der Waals surface area contributed by atoms with Gasteiger partial charge in [0.1, 0.15) is 18.1 Å². The number of aromatic nitrogens is 1. The number of rotatable bonds is 3. The molecule has 0 saturated heterocycles. The maximum atomic E-state index is 14.4. The molecule has 1 aliphatic heterocycles. The molecule has 0 unspecified atom stereocenters. The molecule has 2 aromatic heterocycles. The van der Waals surface area contributed by atoms with Crippen molar-refractivity contribution in [1.29, 1.82) is 0 Å². The van der Waals surface area contributed by atoms with Gasteiger partial charge in [-0.25, -0.2) is 9.38 Å². The van der Waals surface area contributed by atoms with E-state index in [-0.39, 0.29) is 11.4 Å². The highest BCUT2D eigenvalue weighted by Crippen LogP contribution is 2.38. The number of hydrogen-bond acceptors (Lipinski definition) is 5. The van der Waals surface area contributed by atoms with Gasteiger partial charge in [-0.1, -0.05) is 0 Å². The number of anilines is 2. The predicted octanol–water partition coefficient (Wildman–Crippen LogP) is 5.63. The second-order valence-corrected chi connectivity index (χ2v) is 8.67. The van der Waals surface area contributed by atoms with E-state index in [1.165, 1.54) is 6.07 Å². The highest BCUT2D eigenvalue weighted by Gasteiger charge is 2.32. The summed E-state index contributed by atoms with van der Waals surface area (Å²) in [4.78, 5) is 8.78. The first-order valence-corrected chi connectivity index (χ1v) is 9.72. The van der Waals surface area contributed by atoms with E-state index < -0.39 is 0 Å². The summed E-state index contributed by atoms with van der Waals surface area (Å²) in [7, 11) is 0. The third kappa shape index (κ3) is 3.20. The van der Waals surface area contributed by atoms with Crippen molar-refractivity contribution in [3.05, 3.63) is 50.2 Å². The molecule has 1 aliphatic rings. The summed E-state index contributed by atoms with van der Waals surface area (Å²) in [6.07, 6.45) is 3.31. The Balaban J connectivity index is 1.89. The molecule has 0 aliphatic carbocycles. The molecule has 0 fully saturated rings. The van der Waals surface area contributed by atoms with Crippen LogP contribution >= 0.6 is 38.5 Å². The van der Waals surface area contributed by atoms with Crippen molar-refractivity contribution in [3.63, 3.8) is 0 Å². The van der Waals surface area contributed by atoms with E-state index in [0.717, 1.165) is 3.57 Å². The lowest BCUT2D eigenvalue weighted by molar-refractivity contribution is 0.276. The molecule has 1 aromatic carbocycles. The molecule has 0 radical (unpaired) electrons.